The van der Waals surface area contributed by atoms with E-state index in [-0.39, 0.29) is 5.90 Å². The summed E-state index contributed by atoms with van der Waals surface area (Å²) < 4.78 is 5.72. The number of halogens is 1. The molecular weight excluding hydrogens is 254 g/mol. The van der Waals surface area contributed by atoms with Gasteiger partial charge in [0.25, 0.3) is 0 Å². The first-order valence-corrected chi connectivity index (χ1v) is 5.46. The number of thiophene rings is 1. The van der Waals surface area contributed by atoms with Gasteiger partial charge in [-0.1, -0.05) is 0 Å². The van der Waals surface area contributed by atoms with E-state index in [1.807, 2.05) is 11.4 Å². The van der Waals surface area contributed by atoms with Crippen molar-refractivity contribution in [1.29, 1.82) is 5.41 Å². The van der Waals surface area contributed by atoms with E-state index in [1.165, 1.54) is 11.3 Å². The first-order valence-electron chi connectivity index (χ1n) is 3.79. The zero-order chi connectivity index (χ0) is 9.84. The molecule has 1 aromatic heterocycles. The van der Waals surface area contributed by atoms with Gasteiger partial charge in [0.15, 0.2) is 6.10 Å². The second-order valence-corrected chi connectivity index (χ2v) is 4.13. The molecule has 1 heterocycles. The molecular formula is C8H10BrNO2S. The molecule has 0 aliphatic rings. The Morgan fingerprint density at radius 1 is 1.85 bits per heavy atom. The van der Waals surface area contributed by atoms with Crippen LogP contribution in [0.1, 0.15) is 17.9 Å². The van der Waals surface area contributed by atoms with E-state index < -0.39 is 6.10 Å². The second-order valence-electron chi connectivity index (χ2n) is 2.33. The Kier molecular flexibility index (Phi) is 3.90. The number of rotatable bonds is 3. The normalized spacial score (nSPS) is 12.5. The average molecular weight is 264 g/mol. The lowest BCUT2D eigenvalue weighted by atomic mass is 10.3. The maximum absolute atomic E-state index is 9.62. The van der Waals surface area contributed by atoms with Crippen LogP contribution in [0.2, 0.25) is 0 Å². The van der Waals surface area contributed by atoms with Crippen molar-refractivity contribution in [2.24, 2.45) is 0 Å². The summed E-state index contributed by atoms with van der Waals surface area (Å²) in [4.78, 5) is 0.707. The molecule has 1 aromatic rings. The van der Waals surface area contributed by atoms with Crippen LogP contribution in [0, 0.1) is 5.41 Å². The van der Waals surface area contributed by atoms with E-state index >= 15 is 0 Å². The minimum Gasteiger partial charge on any atom is -0.479 e. The first-order chi connectivity index (χ1) is 6.16. The fourth-order valence-corrected chi connectivity index (χ4v) is 2.43. The fraction of sp³-hybridized carbons (Fsp3) is 0.375. The van der Waals surface area contributed by atoms with Gasteiger partial charge in [0.05, 0.1) is 11.5 Å². The molecule has 13 heavy (non-hydrogen) atoms. The molecule has 72 valence electrons. The largest absolute Gasteiger partial charge is 0.479 e. The number of aliphatic hydroxyl groups excluding tert-OH is 1. The van der Waals surface area contributed by atoms with Crippen LogP contribution < -0.4 is 0 Å². The standard InChI is InChI=1S/C8H10BrNO2S/c1-2-12-8(10)6(11)7-5(9)3-4-13-7/h3-4,6,10-11H,2H2,1H3. The second kappa shape index (κ2) is 4.74. The van der Waals surface area contributed by atoms with Gasteiger partial charge in [0.1, 0.15) is 0 Å². The molecule has 0 amide bonds. The van der Waals surface area contributed by atoms with Crippen LogP contribution in [0.25, 0.3) is 0 Å². The number of nitrogens with one attached hydrogen (secondary N) is 1. The van der Waals surface area contributed by atoms with Gasteiger partial charge in [0, 0.05) is 4.47 Å². The van der Waals surface area contributed by atoms with Crippen molar-refractivity contribution in [3.8, 4) is 0 Å². The predicted octanol–water partition coefficient (Wildman–Crippen LogP) is 2.56. The van der Waals surface area contributed by atoms with Gasteiger partial charge < -0.3 is 9.84 Å². The fourth-order valence-electron chi connectivity index (χ4n) is 0.854. The molecule has 0 aliphatic carbocycles. The molecule has 0 fully saturated rings. The molecule has 0 bridgehead atoms. The highest BCUT2D eigenvalue weighted by Gasteiger charge is 2.18. The van der Waals surface area contributed by atoms with Crippen molar-refractivity contribution in [3.63, 3.8) is 0 Å². The number of hydrogen-bond donors (Lipinski definition) is 2. The summed E-state index contributed by atoms with van der Waals surface area (Å²) in [5.41, 5.74) is 0. The summed E-state index contributed by atoms with van der Waals surface area (Å²) in [6, 6.07) is 1.84. The van der Waals surface area contributed by atoms with Crippen molar-refractivity contribution in [3.05, 3.63) is 20.8 Å². The van der Waals surface area contributed by atoms with Gasteiger partial charge in [-0.05, 0) is 34.3 Å². The van der Waals surface area contributed by atoms with E-state index in [4.69, 9.17) is 10.1 Å². The molecule has 0 saturated heterocycles. The van der Waals surface area contributed by atoms with Crippen LogP contribution in [0.5, 0.6) is 0 Å². The van der Waals surface area contributed by atoms with Gasteiger partial charge in [-0.2, -0.15) is 0 Å². The summed E-state index contributed by atoms with van der Waals surface area (Å²) in [7, 11) is 0. The molecule has 3 nitrogen and oxygen atoms in total. The molecule has 1 rings (SSSR count). The molecule has 0 aromatic carbocycles. The number of aliphatic hydroxyl groups is 1. The lowest BCUT2D eigenvalue weighted by Crippen LogP contribution is -2.13. The SMILES string of the molecule is CCOC(=N)C(O)c1sccc1Br. The Balaban J connectivity index is 2.73. The third-order valence-electron chi connectivity index (χ3n) is 1.44. The highest BCUT2D eigenvalue weighted by atomic mass is 79.9. The summed E-state index contributed by atoms with van der Waals surface area (Å²) in [6.07, 6.45) is -0.950. The quantitative estimate of drug-likeness (QED) is 0.651. The van der Waals surface area contributed by atoms with Gasteiger partial charge in [-0.25, -0.2) is 0 Å². The first kappa shape index (κ1) is 10.7. The minimum absolute atomic E-state index is 0.106. The number of ether oxygens (including phenoxy) is 1. The maximum Gasteiger partial charge on any atom is 0.215 e. The van der Waals surface area contributed by atoms with E-state index in [0.717, 1.165) is 4.47 Å². The average Bonchev–Trinajstić information content (AvgIpc) is 2.50. The summed E-state index contributed by atoms with van der Waals surface area (Å²) in [5, 5.41) is 18.9. The van der Waals surface area contributed by atoms with Crippen LogP contribution in [0.15, 0.2) is 15.9 Å². The smallest absolute Gasteiger partial charge is 0.215 e. The van der Waals surface area contributed by atoms with Crippen LogP contribution >= 0.6 is 27.3 Å². The highest BCUT2D eigenvalue weighted by Crippen LogP contribution is 2.29. The van der Waals surface area contributed by atoms with E-state index in [9.17, 15) is 5.11 Å². The van der Waals surface area contributed by atoms with Crippen molar-refractivity contribution in [2.45, 2.75) is 13.0 Å². The topological polar surface area (TPSA) is 53.3 Å². The summed E-state index contributed by atoms with van der Waals surface area (Å²) in [5.74, 6) is -0.106. The lowest BCUT2D eigenvalue weighted by molar-refractivity contribution is 0.193. The van der Waals surface area contributed by atoms with Crippen molar-refractivity contribution in [2.75, 3.05) is 6.61 Å². The molecule has 0 saturated carbocycles. The lowest BCUT2D eigenvalue weighted by Gasteiger charge is -2.10. The molecule has 5 heteroatoms. The van der Waals surface area contributed by atoms with Gasteiger partial charge in [-0.15, -0.1) is 11.3 Å². The van der Waals surface area contributed by atoms with Crippen molar-refractivity contribution >= 4 is 33.2 Å². The Labute approximate surface area is 89.0 Å². The van der Waals surface area contributed by atoms with Crippen LogP contribution in [-0.2, 0) is 4.74 Å². The molecule has 0 radical (unpaired) electrons. The van der Waals surface area contributed by atoms with E-state index in [0.29, 0.717) is 11.5 Å². The third kappa shape index (κ3) is 2.52. The molecule has 2 N–H and O–H groups in total. The Morgan fingerprint density at radius 2 is 2.54 bits per heavy atom. The Morgan fingerprint density at radius 3 is 3.00 bits per heavy atom. The minimum atomic E-state index is -0.950. The molecule has 0 aliphatic heterocycles. The highest BCUT2D eigenvalue weighted by molar-refractivity contribution is 9.10. The number of hydrogen-bond acceptors (Lipinski definition) is 4. The zero-order valence-electron chi connectivity index (χ0n) is 7.08. The molecule has 0 spiro atoms. The van der Waals surface area contributed by atoms with Crippen LogP contribution in [0.4, 0.5) is 0 Å². The van der Waals surface area contributed by atoms with E-state index in [1.54, 1.807) is 6.92 Å². The maximum atomic E-state index is 9.62. The van der Waals surface area contributed by atoms with Crippen LogP contribution in [0.3, 0.4) is 0 Å². The van der Waals surface area contributed by atoms with Crippen molar-refractivity contribution in [1.82, 2.24) is 0 Å². The van der Waals surface area contributed by atoms with Gasteiger partial charge in [0.2, 0.25) is 5.90 Å². The Bertz CT molecular complexity index is 300. The van der Waals surface area contributed by atoms with Gasteiger partial charge >= 0.3 is 0 Å². The van der Waals surface area contributed by atoms with E-state index in [2.05, 4.69) is 15.9 Å². The molecule has 1 unspecified atom stereocenters. The van der Waals surface area contributed by atoms with Crippen molar-refractivity contribution < 1.29 is 9.84 Å². The van der Waals surface area contributed by atoms with Crippen LogP contribution in [-0.4, -0.2) is 17.6 Å². The Hall–Kier alpha value is -0.390. The predicted molar refractivity (Wildman–Crippen MR) is 56.3 cm³/mol. The summed E-state index contributed by atoms with van der Waals surface area (Å²) >= 11 is 4.68. The third-order valence-corrected chi connectivity index (χ3v) is 3.36. The zero-order valence-corrected chi connectivity index (χ0v) is 9.48. The van der Waals surface area contributed by atoms with Gasteiger partial charge in [-0.3, -0.25) is 5.41 Å². The molecule has 1 atom stereocenters. The monoisotopic (exact) mass is 263 g/mol. The summed E-state index contributed by atoms with van der Waals surface area (Å²) in [6.45, 7) is 2.18.